The highest BCUT2D eigenvalue weighted by molar-refractivity contribution is 6.03. The molecule has 0 unspecified atom stereocenters. The Bertz CT molecular complexity index is 985. The Kier molecular flexibility index (Phi) is 5.80. The number of fused-ring (bicyclic) bond motifs is 1. The second-order valence-electron chi connectivity index (χ2n) is 6.98. The normalized spacial score (nSPS) is 15.1. The molecule has 142 valence electrons. The minimum atomic E-state index is -0.128. The van der Waals surface area contributed by atoms with E-state index in [1.165, 1.54) is 10.9 Å². The standard InChI is InChI=1S/C24H24N2O2/c27-24(12-11-21-8-4-7-20-6-1-2-10-23(20)21)25-22-9-3-5-19(17-22)18-26-13-15-28-16-14-26/h1-12,17H,13-16,18H2,(H,25,27)/b12-11+. The lowest BCUT2D eigenvalue weighted by molar-refractivity contribution is -0.111. The molecule has 4 heteroatoms. The van der Waals surface area contributed by atoms with Crippen LogP contribution in [0, 0.1) is 0 Å². The summed E-state index contributed by atoms with van der Waals surface area (Å²) in [5, 5.41) is 5.28. The Balaban J connectivity index is 1.42. The second-order valence-corrected chi connectivity index (χ2v) is 6.98. The fraction of sp³-hybridized carbons (Fsp3) is 0.208. The van der Waals surface area contributed by atoms with E-state index in [4.69, 9.17) is 4.74 Å². The molecule has 0 saturated carbocycles. The van der Waals surface area contributed by atoms with Crippen LogP contribution in [0.5, 0.6) is 0 Å². The van der Waals surface area contributed by atoms with Crippen molar-refractivity contribution in [2.75, 3.05) is 31.6 Å². The molecule has 4 nitrogen and oxygen atoms in total. The number of anilines is 1. The summed E-state index contributed by atoms with van der Waals surface area (Å²) in [6.07, 6.45) is 3.46. The van der Waals surface area contributed by atoms with Crippen molar-refractivity contribution in [2.45, 2.75) is 6.54 Å². The van der Waals surface area contributed by atoms with Crippen molar-refractivity contribution in [2.24, 2.45) is 0 Å². The summed E-state index contributed by atoms with van der Waals surface area (Å²) in [5.74, 6) is -0.128. The summed E-state index contributed by atoms with van der Waals surface area (Å²) >= 11 is 0. The van der Waals surface area contributed by atoms with Crippen molar-refractivity contribution in [1.82, 2.24) is 4.90 Å². The molecule has 3 aromatic rings. The van der Waals surface area contributed by atoms with Gasteiger partial charge in [-0.3, -0.25) is 9.69 Å². The quantitative estimate of drug-likeness (QED) is 0.678. The number of amides is 1. The van der Waals surface area contributed by atoms with Gasteiger partial charge in [-0.15, -0.1) is 0 Å². The van der Waals surface area contributed by atoms with E-state index >= 15 is 0 Å². The predicted molar refractivity (Wildman–Crippen MR) is 114 cm³/mol. The van der Waals surface area contributed by atoms with Crippen LogP contribution in [0.3, 0.4) is 0 Å². The average Bonchev–Trinajstić information content (AvgIpc) is 2.73. The smallest absolute Gasteiger partial charge is 0.248 e. The number of carbonyl (C=O) groups is 1. The van der Waals surface area contributed by atoms with Crippen molar-refractivity contribution in [1.29, 1.82) is 0 Å². The molecule has 3 aromatic carbocycles. The molecular weight excluding hydrogens is 348 g/mol. The summed E-state index contributed by atoms with van der Waals surface area (Å²) in [7, 11) is 0. The van der Waals surface area contributed by atoms with Gasteiger partial charge in [0.05, 0.1) is 13.2 Å². The van der Waals surface area contributed by atoms with E-state index in [9.17, 15) is 4.79 Å². The Morgan fingerprint density at radius 3 is 2.68 bits per heavy atom. The molecule has 0 aliphatic carbocycles. The molecule has 28 heavy (non-hydrogen) atoms. The van der Waals surface area contributed by atoms with Crippen LogP contribution < -0.4 is 5.32 Å². The van der Waals surface area contributed by atoms with Crippen molar-refractivity contribution < 1.29 is 9.53 Å². The molecule has 1 aliphatic rings. The number of benzene rings is 3. The van der Waals surface area contributed by atoms with Gasteiger partial charge in [0.25, 0.3) is 0 Å². The lowest BCUT2D eigenvalue weighted by Crippen LogP contribution is -2.35. The third kappa shape index (κ3) is 4.66. The van der Waals surface area contributed by atoms with Crippen LogP contribution in [-0.4, -0.2) is 37.1 Å². The minimum Gasteiger partial charge on any atom is -0.379 e. The van der Waals surface area contributed by atoms with E-state index in [0.29, 0.717) is 0 Å². The fourth-order valence-electron chi connectivity index (χ4n) is 3.51. The number of nitrogens with zero attached hydrogens (tertiary/aromatic N) is 1. The Morgan fingerprint density at radius 2 is 1.79 bits per heavy atom. The van der Waals surface area contributed by atoms with E-state index in [1.807, 2.05) is 48.5 Å². The maximum absolute atomic E-state index is 12.4. The Labute approximate surface area is 165 Å². The molecule has 0 radical (unpaired) electrons. The molecule has 0 spiro atoms. The summed E-state index contributed by atoms with van der Waals surface area (Å²) in [6, 6.07) is 22.3. The zero-order chi connectivity index (χ0) is 19.2. The van der Waals surface area contributed by atoms with Crippen molar-refractivity contribution in [3.63, 3.8) is 0 Å². The molecule has 1 N–H and O–H groups in total. The first kappa shape index (κ1) is 18.4. The van der Waals surface area contributed by atoms with Crippen molar-refractivity contribution in [3.8, 4) is 0 Å². The number of nitrogens with one attached hydrogen (secondary N) is 1. The summed E-state index contributed by atoms with van der Waals surface area (Å²) < 4.78 is 5.40. The first-order chi connectivity index (χ1) is 13.8. The Morgan fingerprint density at radius 1 is 1.00 bits per heavy atom. The van der Waals surface area contributed by atoms with Crippen LogP contribution in [-0.2, 0) is 16.1 Å². The molecular formula is C24H24N2O2. The maximum Gasteiger partial charge on any atom is 0.248 e. The lowest BCUT2D eigenvalue weighted by atomic mass is 10.0. The number of carbonyl (C=O) groups excluding carboxylic acids is 1. The van der Waals surface area contributed by atoms with Crippen molar-refractivity contribution >= 4 is 28.4 Å². The van der Waals surface area contributed by atoms with Gasteiger partial charge in [-0.05, 0) is 40.1 Å². The molecule has 1 saturated heterocycles. The van der Waals surface area contributed by atoms with Crippen molar-refractivity contribution in [3.05, 3.63) is 83.9 Å². The van der Waals surface area contributed by atoms with E-state index in [0.717, 1.165) is 49.5 Å². The molecule has 1 aliphatic heterocycles. The van der Waals surface area contributed by atoms with Crippen LogP contribution in [0.2, 0.25) is 0 Å². The zero-order valence-electron chi connectivity index (χ0n) is 15.8. The van der Waals surface area contributed by atoms with Gasteiger partial charge in [0.1, 0.15) is 0 Å². The van der Waals surface area contributed by atoms with Crippen LogP contribution in [0.4, 0.5) is 5.69 Å². The largest absolute Gasteiger partial charge is 0.379 e. The minimum absolute atomic E-state index is 0.128. The van der Waals surface area contributed by atoms with E-state index in [-0.39, 0.29) is 5.91 Å². The molecule has 0 atom stereocenters. The average molecular weight is 372 g/mol. The third-order valence-electron chi connectivity index (χ3n) is 4.94. The Hall–Kier alpha value is -2.95. The van der Waals surface area contributed by atoms with Gasteiger partial charge in [0, 0.05) is 31.4 Å². The predicted octanol–water partition coefficient (Wildman–Crippen LogP) is 4.32. The van der Waals surface area contributed by atoms with Gasteiger partial charge in [-0.1, -0.05) is 54.6 Å². The van der Waals surface area contributed by atoms with Gasteiger partial charge in [-0.2, -0.15) is 0 Å². The monoisotopic (exact) mass is 372 g/mol. The first-order valence-corrected chi connectivity index (χ1v) is 9.64. The number of hydrogen-bond donors (Lipinski definition) is 1. The van der Waals surface area contributed by atoms with Gasteiger partial charge in [0.2, 0.25) is 5.91 Å². The van der Waals surface area contributed by atoms with E-state index in [2.05, 4.69) is 34.5 Å². The highest BCUT2D eigenvalue weighted by atomic mass is 16.5. The second kappa shape index (κ2) is 8.83. The maximum atomic E-state index is 12.4. The number of rotatable bonds is 5. The third-order valence-corrected chi connectivity index (χ3v) is 4.94. The number of ether oxygens (including phenoxy) is 1. The van der Waals surface area contributed by atoms with Crippen LogP contribution in [0.15, 0.2) is 72.8 Å². The number of hydrogen-bond acceptors (Lipinski definition) is 3. The van der Waals surface area contributed by atoms with Gasteiger partial charge in [0.15, 0.2) is 0 Å². The van der Waals surface area contributed by atoms with Crippen LogP contribution in [0.25, 0.3) is 16.8 Å². The molecule has 1 amide bonds. The molecule has 1 fully saturated rings. The summed E-state index contributed by atoms with van der Waals surface area (Å²) in [5.41, 5.74) is 3.05. The van der Waals surface area contributed by atoms with E-state index < -0.39 is 0 Å². The fourth-order valence-corrected chi connectivity index (χ4v) is 3.51. The SMILES string of the molecule is O=C(/C=C/c1cccc2ccccc12)Nc1cccc(CN2CCOCC2)c1. The highest BCUT2D eigenvalue weighted by Crippen LogP contribution is 2.20. The molecule has 1 heterocycles. The first-order valence-electron chi connectivity index (χ1n) is 9.64. The summed E-state index contributed by atoms with van der Waals surface area (Å²) in [4.78, 5) is 14.8. The topological polar surface area (TPSA) is 41.6 Å². The van der Waals surface area contributed by atoms with Gasteiger partial charge in [-0.25, -0.2) is 0 Å². The van der Waals surface area contributed by atoms with E-state index in [1.54, 1.807) is 6.08 Å². The van der Waals surface area contributed by atoms with Gasteiger partial charge < -0.3 is 10.1 Å². The highest BCUT2D eigenvalue weighted by Gasteiger charge is 2.11. The van der Waals surface area contributed by atoms with Gasteiger partial charge >= 0.3 is 0 Å². The molecule has 4 rings (SSSR count). The molecule has 0 bridgehead atoms. The lowest BCUT2D eigenvalue weighted by Gasteiger charge is -2.26. The zero-order valence-corrected chi connectivity index (χ0v) is 15.8. The molecule has 0 aromatic heterocycles. The summed E-state index contributed by atoms with van der Waals surface area (Å²) in [6.45, 7) is 4.35. The van der Waals surface area contributed by atoms with Crippen LogP contribution in [0.1, 0.15) is 11.1 Å². The van der Waals surface area contributed by atoms with Crippen LogP contribution >= 0.6 is 0 Å². The number of morpholine rings is 1.